The van der Waals surface area contributed by atoms with Crippen LogP contribution in [-0.4, -0.2) is 27.3 Å². The molecule has 23 heavy (non-hydrogen) atoms. The van der Waals surface area contributed by atoms with Crippen LogP contribution >= 0.6 is 11.6 Å². The Labute approximate surface area is 136 Å². The lowest BCUT2D eigenvalue weighted by Gasteiger charge is -2.04. The van der Waals surface area contributed by atoms with Crippen molar-refractivity contribution in [1.29, 1.82) is 0 Å². The van der Waals surface area contributed by atoms with Crippen molar-refractivity contribution in [3.8, 4) is 0 Å². The van der Waals surface area contributed by atoms with Gasteiger partial charge in [0.05, 0.1) is 23.6 Å². The van der Waals surface area contributed by atoms with E-state index in [0.29, 0.717) is 17.6 Å². The molecule has 1 aromatic carbocycles. The number of carbonyl (C=O) groups is 1. The summed E-state index contributed by atoms with van der Waals surface area (Å²) >= 11 is 5.80. The molecule has 0 bridgehead atoms. The molecule has 0 aliphatic rings. The molecule has 3 aromatic rings. The largest absolute Gasteiger partial charge is 0.461 e. The summed E-state index contributed by atoms with van der Waals surface area (Å²) in [4.78, 5) is 16.3. The first-order valence-corrected chi connectivity index (χ1v) is 7.40. The predicted octanol–water partition coefficient (Wildman–Crippen LogP) is 3.45. The number of pyridine rings is 1. The van der Waals surface area contributed by atoms with E-state index in [-0.39, 0.29) is 17.3 Å². The molecule has 0 aliphatic heterocycles. The number of aromatic nitrogens is 3. The van der Waals surface area contributed by atoms with Crippen molar-refractivity contribution in [1.82, 2.24) is 14.8 Å². The molecule has 0 unspecified atom stereocenters. The zero-order valence-corrected chi connectivity index (χ0v) is 13.0. The highest BCUT2D eigenvalue weighted by Crippen LogP contribution is 2.20. The van der Waals surface area contributed by atoms with Crippen molar-refractivity contribution in [3.05, 3.63) is 58.6 Å². The lowest BCUT2D eigenvalue weighted by molar-refractivity contribution is 0.0520. The van der Waals surface area contributed by atoms with Crippen molar-refractivity contribution >= 4 is 28.6 Å². The van der Waals surface area contributed by atoms with Gasteiger partial charge in [0, 0.05) is 6.20 Å². The lowest BCUT2D eigenvalue weighted by Crippen LogP contribution is -2.08. The van der Waals surface area contributed by atoms with Gasteiger partial charge in [-0.05, 0) is 36.8 Å². The van der Waals surface area contributed by atoms with Crippen molar-refractivity contribution in [3.63, 3.8) is 0 Å². The van der Waals surface area contributed by atoms with Gasteiger partial charge in [-0.15, -0.1) is 0 Å². The molecule has 118 valence electrons. The van der Waals surface area contributed by atoms with Crippen molar-refractivity contribution in [2.24, 2.45) is 0 Å². The maximum absolute atomic E-state index is 13.3. The summed E-state index contributed by atoms with van der Waals surface area (Å²) < 4.78 is 19.9. The van der Waals surface area contributed by atoms with E-state index in [1.54, 1.807) is 36.0 Å². The minimum absolute atomic E-state index is 0.0394. The van der Waals surface area contributed by atoms with Gasteiger partial charge in [-0.3, -0.25) is 0 Å². The molecular formula is C16H13ClFN3O2. The molecule has 0 fully saturated rings. The first-order valence-electron chi connectivity index (χ1n) is 7.02. The normalized spacial score (nSPS) is 10.9. The van der Waals surface area contributed by atoms with Crippen LogP contribution < -0.4 is 0 Å². The maximum atomic E-state index is 13.3. The molecule has 7 heteroatoms. The molecular weight excluding hydrogens is 321 g/mol. The van der Waals surface area contributed by atoms with Gasteiger partial charge in [-0.25, -0.2) is 18.9 Å². The summed E-state index contributed by atoms with van der Waals surface area (Å²) in [7, 11) is 0. The van der Waals surface area contributed by atoms with Gasteiger partial charge in [-0.2, -0.15) is 5.10 Å². The number of carbonyl (C=O) groups excluding carboxylic acids is 1. The van der Waals surface area contributed by atoms with E-state index >= 15 is 0 Å². The number of hydrogen-bond donors (Lipinski definition) is 0. The predicted molar refractivity (Wildman–Crippen MR) is 84.0 cm³/mol. The second-order valence-corrected chi connectivity index (χ2v) is 5.26. The van der Waals surface area contributed by atoms with Crippen LogP contribution in [0.2, 0.25) is 5.02 Å². The Kier molecular flexibility index (Phi) is 4.25. The first kappa shape index (κ1) is 15.4. The number of hydrogen-bond acceptors (Lipinski definition) is 4. The highest BCUT2D eigenvalue weighted by atomic mass is 35.5. The molecule has 0 aliphatic carbocycles. The third kappa shape index (κ3) is 3.03. The smallest absolute Gasteiger partial charge is 0.359 e. The minimum atomic E-state index is -0.499. The van der Waals surface area contributed by atoms with E-state index in [1.165, 1.54) is 12.1 Å². The SMILES string of the molecule is CCOC(=O)c1nn(Cc2ccc(F)c(Cl)c2)c2ncccc12. The summed E-state index contributed by atoms with van der Waals surface area (Å²) in [6.45, 7) is 2.31. The quantitative estimate of drug-likeness (QED) is 0.686. The Bertz CT molecular complexity index is 879. The van der Waals surface area contributed by atoms with Crippen molar-refractivity contribution in [2.75, 3.05) is 6.61 Å². The van der Waals surface area contributed by atoms with E-state index in [9.17, 15) is 9.18 Å². The highest BCUT2D eigenvalue weighted by Gasteiger charge is 2.19. The van der Waals surface area contributed by atoms with Gasteiger partial charge in [0.25, 0.3) is 0 Å². The first-order chi connectivity index (χ1) is 11.1. The fourth-order valence-electron chi connectivity index (χ4n) is 2.28. The average molecular weight is 334 g/mol. The third-order valence-electron chi connectivity index (χ3n) is 3.29. The molecule has 0 atom stereocenters. The van der Waals surface area contributed by atoms with Crippen LogP contribution in [0.3, 0.4) is 0 Å². The fraction of sp³-hybridized carbons (Fsp3) is 0.188. The lowest BCUT2D eigenvalue weighted by atomic mass is 10.2. The number of esters is 1. The molecule has 2 aromatic heterocycles. The summed E-state index contributed by atoms with van der Waals surface area (Å²) in [6.07, 6.45) is 1.62. The van der Waals surface area contributed by atoms with Gasteiger partial charge >= 0.3 is 5.97 Å². The molecule has 0 spiro atoms. The summed E-state index contributed by atoms with van der Waals surface area (Å²) in [5.41, 5.74) is 1.51. The summed E-state index contributed by atoms with van der Waals surface area (Å²) in [5.74, 6) is -0.979. The molecule has 0 saturated heterocycles. The molecule has 3 rings (SSSR count). The van der Waals surface area contributed by atoms with Gasteiger partial charge in [0.15, 0.2) is 11.3 Å². The van der Waals surface area contributed by atoms with Crippen LogP contribution in [0.5, 0.6) is 0 Å². The Hall–Kier alpha value is -2.47. The van der Waals surface area contributed by atoms with Crippen LogP contribution in [0.1, 0.15) is 23.0 Å². The van der Waals surface area contributed by atoms with Crippen molar-refractivity contribution < 1.29 is 13.9 Å². The number of fused-ring (bicyclic) bond motifs is 1. The average Bonchev–Trinajstić information content (AvgIpc) is 2.90. The Balaban J connectivity index is 2.03. The van der Waals surface area contributed by atoms with E-state index in [2.05, 4.69) is 10.1 Å². The number of halogens is 2. The van der Waals surface area contributed by atoms with Crippen LogP contribution in [-0.2, 0) is 11.3 Å². The zero-order chi connectivity index (χ0) is 16.4. The number of rotatable bonds is 4. The third-order valence-corrected chi connectivity index (χ3v) is 3.58. The molecule has 0 amide bonds. The molecule has 0 N–H and O–H groups in total. The fourth-order valence-corrected chi connectivity index (χ4v) is 2.48. The molecule has 5 nitrogen and oxygen atoms in total. The Morgan fingerprint density at radius 2 is 2.22 bits per heavy atom. The van der Waals surface area contributed by atoms with Crippen LogP contribution in [0.4, 0.5) is 4.39 Å². The van der Waals surface area contributed by atoms with E-state index in [0.717, 1.165) is 5.56 Å². The number of nitrogens with zero attached hydrogens (tertiary/aromatic N) is 3. The van der Waals surface area contributed by atoms with E-state index in [1.807, 2.05) is 0 Å². The molecule has 0 radical (unpaired) electrons. The topological polar surface area (TPSA) is 57.0 Å². The van der Waals surface area contributed by atoms with E-state index < -0.39 is 11.8 Å². The maximum Gasteiger partial charge on any atom is 0.359 e. The monoisotopic (exact) mass is 333 g/mol. The molecule has 0 saturated carbocycles. The van der Waals surface area contributed by atoms with Gasteiger partial charge in [0.1, 0.15) is 5.82 Å². The van der Waals surface area contributed by atoms with Gasteiger partial charge in [0.2, 0.25) is 0 Å². The summed E-state index contributed by atoms with van der Waals surface area (Å²) in [6, 6.07) is 7.92. The highest BCUT2D eigenvalue weighted by molar-refractivity contribution is 6.30. The second-order valence-electron chi connectivity index (χ2n) is 4.85. The molecule has 2 heterocycles. The van der Waals surface area contributed by atoms with Gasteiger partial charge in [-0.1, -0.05) is 17.7 Å². The number of ether oxygens (including phenoxy) is 1. The van der Waals surface area contributed by atoms with Crippen molar-refractivity contribution in [2.45, 2.75) is 13.5 Å². The standard InChI is InChI=1S/C16H13ClFN3O2/c1-2-23-16(22)14-11-4-3-7-19-15(11)21(20-14)9-10-5-6-13(18)12(17)8-10/h3-8H,2,9H2,1H3. The van der Waals surface area contributed by atoms with Crippen LogP contribution in [0.15, 0.2) is 36.5 Å². The minimum Gasteiger partial charge on any atom is -0.461 e. The van der Waals surface area contributed by atoms with E-state index in [4.69, 9.17) is 16.3 Å². The Morgan fingerprint density at radius 1 is 1.39 bits per heavy atom. The Morgan fingerprint density at radius 3 is 2.96 bits per heavy atom. The van der Waals surface area contributed by atoms with Crippen LogP contribution in [0, 0.1) is 5.82 Å². The number of benzene rings is 1. The van der Waals surface area contributed by atoms with Crippen LogP contribution in [0.25, 0.3) is 11.0 Å². The second kappa shape index (κ2) is 6.34. The summed E-state index contributed by atoms with van der Waals surface area (Å²) in [5, 5.41) is 4.95. The van der Waals surface area contributed by atoms with Gasteiger partial charge < -0.3 is 4.74 Å². The zero-order valence-electron chi connectivity index (χ0n) is 12.3.